The average molecular weight is 498 g/mol. The molecule has 1 N–H and O–H groups in total. The fourth-order valence-corrected chi connectivity index (χ4v) is 5.03. The molecule has 188 valence electrons. The van der Waals surface area contributed by atoms with E-state index in [0.717, 1.165) is 33.3 Å². The van der Waals surface area contributed by atoms with Crippen molar-refractivity contribution in [3.63, 3.8) is 0 Å². The SMILES string of the molecule is COC(=O)C1=C(O)C[C@H](c2ccccc2[N+](=O)[O-])[C@](C(C)=O)(C(=O)OC)[C@@H]1c1ccccc1[N+](=O)[O-]. The molecule has 1 aliphatic rings. The fraction of sp³-hybridized carbons (Fsp3) is 0.292. The molecular weight excluding hydrogens is 476 g/mol. The summed E-state index contributed by atoms with van der Waals surface area (Å²) < 4.78 is 9.80. The van der Waals surface area contributed by atoms with E-state index in [1.165, 1.54) is 36.4 Å². The molecule has 0 amide bonds. The van der Waals surface area contributed by atoms with Gasteiger partial charge in [0.25, 0.3) is 11.4 Å². The predicted octanol–water partition coefficient (Wildman–Crippen LogP) is 3.51. The number of Topliss-reactive ketones (excluding diaryl/α,β-unsaturated/α-hetero) is 1. The van der Waals surface area contributed by atoms with Gasteiger partial charge >= 0.3 is 11.9 Å². The largest absolute Gasteiger partial charge is 0.512 e. The number of methoxy groups -OCH3 is 2. The molecule has 0 saturated carbocycles. The van der Waals surface area contributed by atoms with Crippen LogP contribution >= 0.6 is 0 Å². The van der Waals surface area contributed by atoms with Crippen LogP contribution in [0.3, 0.4) is 0 Å². The maximum Gasteiger partial charge on any atom is 0.337 e. The highest BCUT2D eigenvalue weighted by Crippen LogP contribution is 2.60. The fourth-order valence-electron chi connectivity index (χ4n) is 5.03. The maximum atomic E-state index is 13.6. The molecule has 0 aliphatic heterocycles. The zero-order valence-electron chi connectivity index (χ0n) is 19.5. The van der Waals surface area contributed by atoms with E-state index in [0.29, 0.717) is 0 Å². The Bertz CT molecular complexity index is 1300. The van der Waals surface area contributed by atoms with Crippen LogP contribution in [0.4, 0.5) is 11.4 Å². The molecule has 0 saturated heterocycles. The summed E-state index contributed by atoms with van der Waals surface area (Å²) in [5.74, 6) is -7.03. The lowest BCUT2D eigenvalue weighted by atomic mass is 9.54. The number of ketones is 1. The third-order valence-electron chi connectivity index (χ3n) is 6.47. The van der Waals surface area contributed by atoms with Gasteiger partial charge in [0.2, 0.25) is 0 Å². The number of aliphatic hydroxyl groups excluding tert-OH is 1. The van der Waals surface area contributed by atoms with Crippen molar-refractivity contribution in [2.45, 2.75) is 25.2 Å². The number of hydrogen-bond acceptors (Lipinski definition) is 10. The number of nitrogens with zero attached hydrogens (tertiary/aromatic N) is 2. The highest BCUT2D eigenvalue weighted by molar-refractivity contribution is 6.08. The number of ether oxygens (including phenoxy) is 2. The monoisotopic (exact) mass is 498 g/mol. The van der Waals surface area contributed by atoms with E-state index < -0.39 is 73.9 Å². The van der Waals surface area contributed by atoms with Gasteiger partial charge in [0.15, 0.2) is 0 Å². The van der Waals surface area contributed by atoms with Crippen molar-refractivity contribution in [3.05, 3.63) is 91.2 Å². The Kier molecular flexibility index (Phi) is 7.18. The summed E-state index contributed by atoms with van der Waals surface area (Å²) in [6, 6.07) is 10.4. The summed E-state index contributed by atoms with van der Waals surface area (Å²) in [5.41, 5.74) is -4.31. The molecule has 2 aromatic rings. The van der Waals surface area contributed by atoms with Crippen LogP contribution in [0.1, 0.15) is 36.3 Å². The molecule has 36 heavy (non-hydrogen) atoms. The number of carbonyl (C=O) groups is 3. The molecule has 0 bridgehead atoms. The van der Waals surface area contributed by atoms with Crippen molar-refractivity contribution in [2.24, 2.45) is 5.41 Å². The number of carbonyl (C=O) groups excluding carboxylic acids is 3. The minimum Gasteiger partial charge on any atom is -0.512 e. The van der Waals surface area contributed by atoms with E-state index in [1.54, 1.807) is 0 Å². The van der Waals surface area contributed by atoms with Gasteiger partial charge in [0, 0.05) is 35.6 Å². The lowest BCUT2D eigenvalue weighted by Gasteiger charge is -2.45. The van der Waals surface area contributed by atoms with E-state index in [-0.39, 0.29) is 11.1 Å². The molecule has 0 aromatic heterocycles. The first-order valence-electron chi connectivity index (χ1n) is 10.6. The second kappa shape index (κ2) is 9.94. The number of rotatable bonds is 7. The van der Waals surface area contributed by atoms with Gasteiger partial charge in [-0.2, -0.15) is 0 Å². The van der Waals surface area contributed by atoms with Crippen molar-refractivity contribution in [3.8, 4) is 0 Å². The smallest absolute Gasteiger partial charge is 0.337 e. The highest BCUT2D eigenvalue weighted by Gasteiger charge is 2.64. The molecule has 12 heteroatoms. The Balaban J connectivity index is 2.57. The molecule has 0 radical (unpaired) electrons. The van der Waals surface area contributed by atoms with Crippen LogP contribution in [-0.2, 0) is 23.9 Å². The normalized spacial score (nSPS) is 21.4. The van der Waals surface area contributed by atoms with Gasteiger partial charge in [-0.05, 0) is 6.92 Å². The Morgan fingerprint density at radius 3 is 1.89 bits per heavy atom. The number of aliphatic hydroxyl groups is 1. The van der Waals surface area contributed by atoms with Crippen LogP contribution in [0, 0.1) is 25.6 Å². The number of hydrogen-bond donors (Lipinski definition) is 1. The first-order chi connectivity index (χ1) is 17.0. The highest BCUT2D eigenvalue weighted by atomic mass is 16.6. The lowest BCUT2D eigenvalue weighted by Crippen LogP contribution is -2.53. The quantitative estimate of drug-likeness (QED) is 0.257. The molecule has 3 atom stereocenters. The van der Waals surface area contributed by atoms with Crippen molar-refractivity contribution >= 4 is 29.1 Å². The summed E-state index contributed by atoms with van der Waals surface area (Å²) in [7, 11) is 1.98. The summed E-state index contributed by atoms with van der Waals surface area (Å²) in [5, 5.41) is 34.8. The van der Waals surface area contributed by atoms with E-state index in [2.05, 4.69) is 0 Å². The Hall–Kier alpha value is -4.61. The molecule has 0 heterocycles. The maximum absolute atomic E-state index is 13.6. The van der Waals surface area contributed by atoms with Crippen molar-refractivity contribution in [2.75, 3.05) is 14.2 Å². The van der Waals surface area contributed by atoms with Crippen molar-refractivity contribution in [1.82, 2.24) is 0 Å². The number of allylic oxidation sites excluding steroid dienone is 1. The molecular formula is C24H22N2O10. The molecule has 0 spiro atoms. The van der Waals surface area contributed by atoms with Gasteiger partial charge in [-0.15, -0.1) is 0 Å². The third-order valence-corrected chi connectivity index (χ3v) is 6.47. The van der Waals surface area contributed by atoms with Crippen LogP contribution in [0.2, 0.25) is 0 Å². The average Bonchev–Trinajstić information content (AvgIpc) is 2.86. The van der Waals surface area contributed by atoms with Crippen LogP contribution in [0.25, 0.3) is 0 Å². The summed E-state index contributed by atoms with van der Waals surface area (Å²) >= 11 is 0. The first kappa shape index (κ1) is 26.0. The molecule has 3 rings (SSSR count). The van der Waals surface area contributed by atoms with Gasteiger partial charge in [-0.25, -0.2) is 4.79 Å². The van der Waals surface area contributed by atoms with Crippen LogP contribution in [0.5, 0.6) is 0 Å². The Morgan fingerprint density at radius 1 is 0.917 bits per heavy atom. The van der Waals surface area contributed by atoms with Crippen molar-refractivity contribution in [1.29, 1.82) is 0 Å². The third kappa shape index (κ3) is 3.96. The molecule has 1 aliphatic carbocycles. The summed E-state index contributed by atoms with van der Waals surface area (Å²) in [6.45, 7) is 1.03. The van der Waals surface area contributed by atoms with Gasteiger partial charge in [0.1, 0.15) is 17.0 Å². The number of benzene rings is 2. The van der Waals surface area contributed by atoms with E-state index in [1.807, 2.05) is 0 Å². The number of nitro groups is 2. The number of esters is 2. The summed E-state index contributed by atoms with van der Waals surface area (Å²) in [4.78, 5) is 62.3. The van der Waals surface area contributed by atoms with Gasteiger partial charge in [-0.1, -0.05) is 36.4 Å². The Morgan fingerprint density at radius 2 is 1.42 bits per heavy atom. The van der Waals surface area contributed by atoms with Gasteiger partial charge in [-0.3, -0.25) is 29.8 Å². The van der Waals surface area contributed by atoms with E-state index in [9.17, 15) is 39.7 Å². The van der Waals surface area contributed by atoms with Gasteiger partial charge < -0.3 is 14.6 Å². The van der Waals surface area contributed by atoms with Crippen LogP contribution in [0.15, 0.2) is 59.9 Å². The Labute approximate surface area is 204 Å². The van der Waals surface area contributed by atoms with Crippen LogP contribution in [-0.4, -0.2) is 46.9 Å². The lowest BCUT2D eigenvalue weighted by molar-refractivity contribution is -0.386. The second-order valence-corrected chi connectivity index (χ2v) is 8.09. The molecule has 2 aromatic carbocycles. The van der Waals surface area contributed by atoms with Gasteiger partial charge in [0.05, 0.1) is 35.6 Å². The molecule has 0 fully saturated rings. The number of nitro benzene ring substituents is 2. The topological polar surface area (TPSA) is 176 Å². The summed E-state index contributed by atoms with van der Waals surface area (Å²) in [6.07, 6.45) is -0.554. The number of para-hydroxylation sites is 2. The predicted molar refractivity (Wildman–Crippen MR) is 123 cm³/mol. The first-order valence-corrected chi connectivity index (χ1v) is 10.6. The zero-order valence-corrected chi connectivity index (χ0v) is 19.5. The minimum atomic E-state index is -2.41. The minimum absolute atomic E-state index is 0.0952. The second-order valence-electron chi connectivity index (χ2n) is 8.09. The zero-order chi connectivity index (χ0) is 26.8. The molecule has 0 unspecified atom stereocenters. The van der Waals surface area contributed by atoms with E-state index >= 15 is 0 Å². The van der Waals surface area contributed by atoms with Crippen LogP contribution < -0.4 is 0 Å². The molecule has 12 nitrogen and oxygen atoms in total. The van der Waals surface area contributed by atoms with E-state index in [4.69, 9.17) is 9.47 Å². The van der Waals surface area contributed by atoms with Crippen molar-refractivity contribution < 1.29 is 38.8 Å². The standard InChI is InChI=1S/C24H22N2O10/c1-13(27)24(23(30)36-3)16(14-8-4-6-10-17(14)25(31)32)12-19(28)20(22(29)35-2)21(24)15-9-5-7-11-18(15)26(33)34/h4-11,16,21,28H,12H2,1-3H3/t16-,21-,24+/m1/s1.